The predicted molar refractivity (Wildman–Crippen MR) is 122 cm³/mol. The molecule has 162 valence electrons. The average Bonchev–Trinajstić information content (AvgIpc) is 3.32. The van der Waals surface area contributed by atoms with E-state index in [1.54, 1.807) is 0 Å². The summed E-state index contributed by atoms with van der Waals surface area (Å²) < 4.78 is 25.2. The number of thioether (sulfide) groups is 1. The number of carbonyl (C=O) groups excluding carboxylic acids is 1. The van der Waals surface area contributed by atoms with Crippen LogP contribution >= 0.6 is 11.8 Å². The van der Waals surface area contributed by atoms with Gasteiger partial charge in [0, 0.05) is 11.6 Å². The summed E-state index contributed by atoms with van der Waals surface area (Å²) in [6.07, 6.45) is 0.468. The largest absolute Gasteiger partial charge is 0.352 e. The molecule has 0 radical (unpaired) electrons. The second-order valence-corrected chi connectivity index (χ2v) is 10.9. The molecule has 3 aromatic rings. The van der Waals surface area contributed by atoms with Crippen LogP contribution in [-0.4, -0.2) is 52.4 Å². The molecule has 7 nitrogen and oxygen atoms in total. The van der Waals surface area contributed by atoms with Gasteiger partial charge < -0.3 is 5.32 Å². The summed E-state index contributed by atoms with van der Waals surface area (Å²) in [6, 6.07) is 15.6. The lowest BCUT2D eigenvalue weighted by atomic mass is 10.1. The van der Waals surface area contributed by atoms with Gasteiger partial charge in [-0.05, 0) is 43.5 Å². The molecule has 1 atom stereocenters. The molecule has 0 spiro atoms. The number of sulfone groups is 1. The van der Waals surface area contributed by atoms with E-state index >= 15 is 0 Å². The van der Waals surface area contributed by atoms with E-state index in [4.69, 9.17) is 0 Å². The topological polar surface area (TPSA) is 94.0 Å². The molecule has 4 rings (SSSR count). The van der Waals surface area contributed by atoms with Crippen LogP contribution in [0.25, 0.3) is 17.1 Å². The SMILES string of the molecule is Cc1ccc(-n2c(SCC(=O)N[C@H]3CCS(=O)(=O)C3)nnc2-c2ccccc2)cc1C. The average molecular weight is 457 g/mol. The van der Waals surface area contributed by atoms with Crippen molar-refractivity contribution in [3.8, 4) is 17.1 Å². The van der Waals surface area contributed by atoms with Crippen LogP contribution in [0.2, 0.25) is 0 Å². The Morgan fingerprint density at radius 2 is 1.90 bits per heavy atom. The fraction of sp³-hybridized carbons (Fsp3) is 0.318. The first-order chi connectivity index (χ1) is 14.8. The Kier molecular flexibility index (Phi) is 6.15. The number of hydrogen-bond donors (Lipinski definition) is 1. The first kappa shape index (κ1) is 21.6. The number of aromatic nitrogens is 3. The van der Waals surface area contributed by atoms with Crippen LogP contribution in [0.5, 0.6) is 0 Å². The zero-order valence-electron chi connectivity index (χ0n) is 17.4. The molecule has 1 aromatic heterocycles. The Morgan fingerprint density at radius 1 is 1.13 bits per heavy atom. The molecule has 1 fully saturated rings. The molecule has 1 N–H and O–H groups in total. The Labute approximate surface area is 186 Å². The van der Waals surface area contributed by atoms with Gasteiger partial charge in [-0.3, -0.25) is 9.36 Å². The Hall–Kier alpha value is -2.65. The molecule has 2 heterocycles. The molecule has 1 aliphatic heterocycles. The molecule has 1 saturated heterocycles. The van der Waals surface area contributed by atoms with Crippen molar-refractivity contribution in [2.24, 2.45) is 0 Å². The fourth-order valence-corrected chi connectivity index (χ4v) is 5.98. The van der Waals surface area contributed by atoms with Gasteiger partial charge in [-0.1, -0.05) is 48.2 Å². The molecule has 0 saturated carbocycles. The van der Waals surface area contributed by atoms with Crippen LogP contribution in [0.4, 0.5) is 0 Å². The number of hydrogen-bond acceptors (Lipinski definition) is 6. The molecule has 0 unspecified atom stereocenters. The highest BCUT2D eigenvalue weighted by atomic mass is 32.2. The van der Waals surface area contributed by atoms with Crippen molar-refractivity contribution in [2.75, 3.05) is 17.3 Å². The minimum Gasteiger partial charge on any atom is -0.352 e. The van der Waals surface area contributed by atoms with Crippen LogP contribution in [0.1, 0.15) is 17.5 Å². The van der Waals surface area contributed by atoms with Crippen molar-refractivity contribution in [1.82, 2.24) is 20.1 Å². The van der Waals surface area contributed by atoms with Crippen LogP contribution in [-0.2, 0) is 14.6 Å². The third-order valence-corrected chi connectivity index (χ3v) is 8.04. The van der Waals surface area contributed by atoms with Crippen molar-refractivity contribution in [2.45, 2.75) is 31.5 Å². The van der Waals surface area contributed by atoms with Crippen molar-refractivity contribution in [3.63, 3.8) is 0 Å². The molecule has 1 amide bonds. The molecule has 1 aliphatic rings. The van der Waals surface area contributed by atoms with Gasteiger partial charge in [-0.2, -0.15) is 0 Å². The molecule has 31 heavy (non-hydrogen) atoms. The molecule has 0 bridgehead atoms. The Balaban J connectivity index is 1.58. The third kappa shape index (κ3) is 4.99. The molecule has 0 aliphatic carbocycles. The molecule has 2 aromatic carbocycles. The second-order valence-electron chi connectivity index (χ2n) is 7.73. The number of aryl methyl sites for hydroxylation is 2. The summed E-state index contributed by atoms with van der Waals surface area (Å²) in [5.74, 6) is 0.776. The number of benzene rings is 2. The predicted octanol–water partition coefficient (Wildman–Crippen LogP) is 2.95. The van der Waals surface area contributed by atoms with Gasteiger partial charge in [-0.15, -0.1) is 10.2 Å². The Bertz CT molecular complexity index is 1210. The highest BCUT2D eigenvalue weighted by Crippen LogP contribution is 2.28. The number of carbonyl (C=O) groups is 1. The first-order valence-electron chi connectivity index (χ1n) is 10.0. The van der Waals surface area contributed by atoms with Crippen LogP contribution in [0.15, 0.2) is 53.7 Å². The summed E-state index contributed by atoms with van der Waals surface area (Å²) in [5, 5.41) is 12.2. The van der Waals surface area contributed by atoms with Gasteiger partial charge in [0.2, 0.25) is 5.91 Å². The minimum atomic E-state index is -3.03. The van der Waals surface area contributed by atoms with E-state index in [0.717, 1.165) is 16.8 Å². The number of rotatable bonds is 6. The van der Waals surface area contributed by atoms with E-state index in [1.165, 1.54) is 17.3 Å². The lowest BCUT2D eigenvalue weighted by molar-refractivity contribution is -0.119. The summed E-state index contributed by atoms with van der Waals surface area (Å²) in [5.41, 5.74) is 4.21. The maximum Gasteiger partial charge on any atom is 0.230 e. The van der Waals surface area contributed by atoms with Gasteiger partial charge in [-0.25, -0.2) is 8.42 Å². The van der Waals surface area contributed by atoms with Crippen LogP contribution in [0.3, 0.4) is 0 Å². The van der Waals surface area contributed by atoms with Gasteiger partial charge >= 0.3 is 0 Å². The smallest absolute Gasteiger partial charge is 0.230 e. The standard InChI is InChI=1S/C22H24N4O3S2/c1-15-8-9-19(12-16(15)2)26-21(17-6-4-3-5-7-17)24-25-22(26)30-13-20(27)23-18-10-11-31(28,29)14-18/h3-9,12,18H,10-11,13-14H2,1-2H3,(H,23,27)/t18-/m0/s1. The van der Waals surface area contributed by atoms with E-state index in [-0.39, 0.29) is 29.2 Å². The van der Waals surface area contributed by atoms with Crippen molar-refractivity contribution >= 4 is 27.5 Å². The lowest BCUT2D eigenvalue weighted by Gasteiger charge is -2.13. The maximum atomic E-state index is 12.4. The van der Waals surface area contributed by atoms with Crippen molar-refractivity contribution in [3.05, 3.63) is 59.7 Å². The molecular formula is C22H24N4O3S2. The van der Waals surface area contributed by atoms with E-state index < -0.39 is 9.84 Å². The zero-order chi connectivity index (χ0) is 22.0. The minimum absolute atomic E-state index is 0.0143. The van der Waals surface area contributed by atoms with Gasteiger partial charge in [0.1, 0.15) is 0 Å². The van der Waals surface area contributed by atoms with Crippen LogP contribution < -0.4 is 5.32 Å². The van der Waals surface area contributed by atoms with Crippen molar-refractivity contribution < 1.29 is 13.2 Å². The number of amides is 1. The number of nitrogens with zero attached hydrogens (tertiary/aromatic N) is 3. The molecule has 9 heteroatoms. The lowest BCUT2D eigenvalue weighted by Crippen LogP contribution is -2.36. The first-order valence-corrected chi connectivity index (χ1v) is 12.8. The zero-order valence-corrected chi connectivity index (χ0v) is 19.0. The number of nitrogens with one attached hydrogen (secondary N) is 1. The quantitative estimate of drug-likeness (QED) is 0.573. The van der Waals surface area contributed by atoms with Gasteiger partial charge in [0.15, 0.2) is 20.8 Å². The summed E-state index contributed by atoms with van der Waals surface area (Å²) in [6.45, 7) is 4.12. The fourth-order valence-electron chi connectivity index (χ4n) is 3.54. The summed E-state index contributed by atoms with van der Waals surface area (Å²) in [7, 11) is -3.03. The van der Waals surface area contributed by atoms with E-state index in [2.05, 4.69) is 41.5 Å². The highest BCUT2D eigenvalue weighted by molar-refractivity contribution is 7.99. The van der Waals surface area contributed by atoms with E-state index in [9.17, 15) is 13.2 Å². The molecular weight excluding hydrogens is 432 g/mol. The van der Waals surface area contributed by atoms with Crippen LogP contribution in [0, 0.1) is 13.8 Å². The third-order valence-electron chi connectivity index (χ3n) is 5.34. The van der Waals surface area contributed by atoms with E-state index in [1.807, 2.05) is 41.0 Å². The second kappa shape index (κ2) is 8.84. The van der Waals surface area contributed by atoms with Crippen molar-refractivity contribution in [1.29, 1.82) is 0 Å². The van der Waals surface area contributed by atoms with Gasteiger partial charge in [0.05, 0.1) is 22.9 Å². The monoisotopic (exact) mass is 456 g/mol. The normalized spacial score (nSPS) is 17.5. The summed E-state index contributed by atoms with van der Waals surface area (Å²) in [4.78, 5) is 12.4. The Morgan fingerprint density at radius 3 is 2.58 bits per heavy atom. The van der Waals surface area contributed by atoms with E-state index in [0.29, 0.717) is 17.4 Å². The maximum absolute atomic E-state index is 12.4. The summed E-state index contributed by atoms with van der Waals surface area (Å²) >= 11 is 1.29. The highest BCUT2D eigenvalue weighted by Gasteiger charge is 2.29. The van der Waals surface area contributed by atoms with Gasteiger partial charge in [0.25, 0.3) is 0 Å².